The van der Waals surface area contributed by atoms with Gasteiger partial charge in [-0.05, 0) is 31.4 Å². The van der Waals surface area contributed by atoms with Crippen LogP contribution in [-0.4, -0.2) is 40.9 Å². The molecule has 1 aromatic heterocycles. The maximum absolute atomic E-state index is 12.9. The molecule has 0 saturated carbocycles. The Morgan fingerprint density at radius 1 is 1.26 bits per heavy atom. The molecule has 2 bridgehead atoms. The van der Waals surface area contributed by atoms with Gasteiger partial charge in [-0.1, -0.05) is 25.1 Å². The summed E-state index contributed by atoms with van der Waals surface area (Å²) in [5, 5.41) is 3.06. The smallest absolute Gasteiger partial charge is 0.434 e. The summed E-state index contributed by atoms with van der Waals surface area (Å²) in [5.41, 5.74) is 3.29. The van der Waals surface area contributed by atoms with Gasteiger partial charge in [-0.25, -0.2) is 4.79 Å². The molecule has 1 fully saturated rings. The molecule has 0 radical (unpaired) electrons. The number of hydrogen-bond acceptors (Lipinski definition) is 6. The Morgan fingerprint density at radius 3 is 2.78 bits per heavy atom. The summed E-state index contributed by atoms with van der Waals surface area (Å²) in [4.78, 5) is 30.7. The highest BCUT2D eigenvalue weighted by atomic mass is 16.7. The zero-order valence-corrected chi connectivity index (χ0v) is 15.8. The van der Waals surface area contributed by atoms with Crippen molar-refractivity contribution in [1.82, 2.24) is 9.63 Å². The van der Waals surface area contributed by atoms with E-state index in [1.165, 1.54) is 10.9 Å². The number of carbonyl (C=O) groups is 2. The van der Waals surface area contributed by atoms with Crippen molar-refractivity contribution in [2.75, 3.05) is 13.2 Å². The van der Waals surface area contributed by atoms with E-state index in [0.717, 1.165) is 24.1 Å². The zero-order chi connectivity index (χ0) is 19.1. The molecule has 27 heavy (non-hydrogen) atoms. The van der Waals surface area contributed by atoms with Crippen LogP contribution in [0.5, 0.6) is 0 Å². The van der Waals surface area contributed by atoms with E-state index < -0.39 is 24.1 Å². The zero-order valence-electron chi connectivity index (χ0n) is 15.8. The fraction of sp³-hybridized carbons (Fsp3) is 0.500. The van der Waals surface area contributed by atoms with Crippen LogP contribution in [0.2, 0.25) is 0 Å². The van der Waals surface area contributed by atoms with Crippen LogP contribution in [0.15, 0.2) is 24.3 Å². The largest absolute Gasteiger partial charge is 0.516 e. The van der Waals surface area contributed by atoms with E-state index in [2.05, 4.69) is 16.7 Å². The van der Waals surface area contributed by atoms with Gasteiger partial charge in [-0.2, -0.15) is 5.06 Å². The van der Waals surface area contributed by atoms with Crippen LogP contribution in [0.4, 0.5) is 4.79 Å². The number of esters is 1. The minimum Gasteiger partial charge on any atom is -0.434 e. The summed E-state index contributed by atoms with van der Waals surface area (Å²) in [6.07, 6.45) is 0.137. The van der Waals surface area contributed by atoms with Gasteiger partial charge in [0.1, 0.15) is 12.0 Å². The molecule has 0 aliphatic carbocycles. The van der Waals surface area contributed by atoms with Gasteiger partial charge in [0.05, 0.1) is 18.3 Å². The predicted molar refractivity (Wildman–Crippen MR) is 97.8 cm³/mol. The monoisotopic (exact) mass is 372 g/mol. The molecule has 144 valence electrons. The summed E-state index contributed by atoms with van der Waals surface area (Å²) < 4.78 is 11.8. The minimum atomic E-state index is -0.955. The maximum atomic E-state index is 12.9. The Bertz CT molecular complexity index is 890. The second-order valence-electron chi connectivity index (χ2n) is 6.96. The first-order valence-corrected chi connectivity index (χ1v) is 9.44. The van der Waals surface area contributed by atoms with E-state index >= 15 is 0 Å². The molecule has 3 heterocycles. The Hall–Kier alpha value is -2.38. The molecule has 0 amide bonds. The number of aromatic nitrogens is 1. The molecule has 2 aliphatic rings. The molecule has 7 heteroatoms. The molecule has 1 unspecified atom stereocenters. The summed E-state index contributed by atoms with van der Waals surface area (Å²) in [6.45, 7) is 4.54. The quantitative estimate of drug-likeness (QED) is 0.609. The lowest BCUT2D eigenvalue weighted by molar-refractivity contribution is -0.163. The van der Waals surface area contributed by atoms with E-state index in [4.69, 9.17) is 14.3 Å². The summed E-state index contributed by atoms with van der Waals surface area (Å²) in [7, 11) is 1.99. The van der Waals surface area contributed by atoms with E-state index in [1.807, 2.05) is 31.2 Å². The molecular weight excluding hydrogens is 348 g/mol. The van der Waals surface area contributed by atoms with Crippen molar-refractivity contribution < 1.29 is 23.9 Å². The Balaban J connectivity index is 1.77. The second-order valence-corrected chi connectivity index (χ2v) is 6.96. The maximum Gasteiger partial charge on any atom is 0.516 e. The lowest BCUT2D eigenvalue weighted by Gasteiger charge is -2.24. The van der Waals surface area contributed by atoms with Gasteiger partial charge >= 0.3 is 12.1 Å². The summed E-state index contributed by atoms with van der Waals surface area (Å²) >= 11 is 0. The molecule has 0 spiro atoms. The van der Waals surface area contributed by atoms with Crippen molar-refractivity contribution in [3.8, 4) is 0 Å². The number of carbonyl (C=O) groups excluding carboxylic acids is 2. The Morgan fingerprint density at radius 2 is 2.04 bits per heavy atom. The average molecular weight is 372 g/mol. The molecule has 2 aromatic rings. The number of fused-ring (bicyclic) bond motifs is 6. The Labute approximate surface area is 157 Å². The highest BCUT2D eigenvalue weighted by molar-refractivity contribution is 5.88. The Kier molecular flexibility index (Phi) is 4.65. The highest BCUT2D eigenvalue weighted by Gasteiger charge is 2.52. The van der Waals surface area contributed by atoms with Crippen molar-refractivity contribution in [3.05, 3.63) is 35.5 Å². The fourth-order valence-electron chi connectivity index (χ4n) is 4.48. The summed E-state index contributed by atoms with van der Waals surface area (Å²) in [6, 6.07) is 8.06. The lowest BCUT2D eigenvalue weighted by atomic mass is 9.87. The number of benzene rings is 1. The fourth-order valence-corrected chi connectivity index (χ4v) is 4.48. The van der Waals surface area contributed by atoms with E-state index in [9.17, 15) is 9.59 Å². The van der Waals surface area contributed by atoms with Crippen molar-refractivity contribution in [2.45, 2.75) is 38.8 Å². The van der Waals surface area contributed by atoms with E-state index in [-0.39, 0.29) is 12.6 Å². The molecule has 1 saturated heterocycles. The van der Waals surface area contributed by atoms with E-state index in [1.54, 1.807) is 6.92 Å². The molecule has 4 rings (SSSR count). The average Bonchev–Trinajstić information content (AvgIpc) is 3.06. The molecule has 0 N–H and O–H groups in total. The highest BCUT2D eigenvalue weighted by Crippen LogP contribution is 2.46. The number of hydrogen-bond donors (Lipinski definition) is 0. The standard InChI is InChI=1S/C20H24N2O5/c1-4-14-16(19(23)26-20(24)25-5-2)18-17-13(10-11-22(14)27-18)12-8-6-7-9-15(12)21(17)3/h6-9,14,16,18H,4-5,10-11H2,1-3H3/t14-,16-,18-/m1/s1. The van der Waals surface area contributed by atoms with Crippen molar-refractivity contribution >= 4 is 23.0 Å². The first-order chi connectivity index (χ1) is 13.1. The van der Waals surface area contributed by atoms with Crippen LogP contribution in [0.3, 0.4) is 0 Å². The molecule has 1 aromatic carbocycles. The number of ether oxygens (including phenoxy) is 2. The molecular formula is C20H24N2O5. The predicted octanol–water partition coefficient (Wildman–Crippen LogP) is 3.12. The van der Waals surface area contributed by atoms with E-state index in [0.29, 0.717) is 6.54 Å². The first-order valence-electron chi connectivity index (χ1n) is 9.44. The molecule has 4 atom stereocenters. The third kappa shape index (κ3) is 2.82. The number of rotatable bonds is 3. The second kappa shape index (κ2) is 6.98. The van der Waals surface area contributed by atoms with Crippen molar-refractivity contribution in [1.29, 1.82) is 0 Å². The van der Waals surface area contributed by atoms with Crippen LogP contribution in [0.25, 0.3) is 10.9 Å². The first kappa shape index (κ1) is 18.0. The number of nitrogens with zero attached hydrogens (tertiary/aromatic N) is 2. The number of aryl methyl sites for hydroxylation is 1. The minimum absolute atomic E-state index is 0.136. The van der Waals surface area contributed by atoms with Crippen LogP contribution in [0, 0.1) is 5.92 Å². The number of hydroxylamine groups is 2. The van der Waals surface area contributed by atoms with Crippen LogP contribution >= 0.6 is 0 Å². The van der Waals surface area contributed by atoms with Crippen LogP contribution in [-0.2, 0) is 32.6 Å². The SMILES string of the molecule is CCOC(=O)OC(=O)[C@@H]1[C@@H](CC)N2CCc3c(n(C)c4ccccc34)[C@@H]1O2. The normalized spacial score (nSPS) is 26.5. The van der Waals surface area contributed by atoms with Crippen molar-refractivity contribution in [3.63, 3.8) is 0 Å². The van der Waals surface area contributed by atoms with Gasteiger partial charge in [0.15, 0.2) is 0 Å². The third-order valence-electron chi connectivity index (χ3n) is 5.61. The molecule has 2 aliphatic heterocycles. The van der Waals surface area contributed by atoms with Gasteiger partial charge < -0.3 is 14.0 Å². The van der Waals surface area contributed by atoms with Gasteiger partial charge in [0, 0.05) is 24.5 Å². The van der Waals surface area contributed by atoms with Gasteiger partial charge in [-0.3, -0.25) is 9.63 Å². The van der Waals surface area contributed by atoms with Crippen LogP contribution < -0.4 is 0 Å². The van der Waals surface area contributed by atoms with Crippen LogP contribution in [0.1, 0.15) is 37.6 Å². The van der Waals surface area contributed by atoms with Gasteiger partial charge in [0.2, 0.25) is 0 Å². The topological polar surface area (TPSA) is 70.0 Å². The third-order valence-corrected chi connectivity index (χ3v) is 5.61. The lowest BCUT2D eigenvalue weighted by Crippen LogP contribution is -2.38. The van der Waals surface area contributed by atoms with Crippen molar-refractivity contribution in [2.24, 2.45) is 13.0 Å². The summed E-state index contributed by atoms with van der Waals surface area (Å²) in [5.74, 6) is -1.17. The van der Waals surface area contributed by atoms with Gasteiger partial charge in [0.25, 0.3) is 0 Å². The van der Waals surface area contributed by atoms with Gasteiger partial charge in [-0.15, -0.1) is 0 Å². The molecule has 7 nitrogen and oxygen atoms in total. The number of para-hydroxylation sites is 1.